The Morgan fingerprint density at radius 1 is 1.12 bits per heavy atom. The zero-order chi connectivity index (χ0) is 24.6. The molecule has 0 saturated heterocycles. The second kappa shape index (κ2) is 11.1. The van der Waals surface area contributed by atoms with Gasteiger partial charge in [0.15, 0.2) is 6.29 Å². The molecule has 1 unspecified atom stereocenters. The molecule has 1 aromatic carbocycles. The summed E-state index contributed by atoms with van der Waals surface area (Å²) in [6.45, 7) is 3.13. The lowest BCUT2D eigenvalue weighted by Gasteiger charge is -2.35. The Balaban J connectivity index is 0.000000422. The Morgan fingerprint density at radius 2 is 1.69 bits per heavy atom. The monoisotopic (exact) mass is 479 g/mol. The fourth-order valence-corrected chi connectivity index (χ4v) is 3.06. The van der Waals surface area contributed by atoms with Crippen molar-refractivity contribution < 1.29 is 44.8 Å². The number of carbonyl (C=O) groups is 1. The van der Waals surface area contributed by atoms with Crippen molar-refractivity contribution in [3.63, 3.8) is 0 Å². The molecule has 2 heterocycles. The van der Waals surface area contributed by atoms with Crippen LogP contribution < -0.4 is 4.74 Å². The highest BCUT2D eigenvalue weighted by molar-refractivity contribution is 7.59. The van der Waals surface area contributed by atoms with Crippen LogP contribution in [0.15, 0.2) is 42.7 Å². The maximum atomic E-state index is 13.7. The van der Waals surface area contributed by atoms with Crippen molar-refractivity contribution in [2.75, 3.05) is 6.61 Å². The fraction of sp³-hybridized carbons (Fsp3) is 0.400. The summed E-state index contributed by atoms with van der Waals surface area (Å²) >= 11 is 0. The SMILES string of the molecule is CC(C)(CC(O)(C=O)C(F)(F)F)c1cc(F)cc2c1OCC2.O=S(=O)=O.c1ccncc1. The first kappa shape index (κ1) is 27.2. The Hall–Kier alpha value is -2.86. The highest BCUT2D eigenvalue weighted by Gasteiger charge is 2.56. The van der Waals surface area contributed by atoms with Gasteiger partial charge >= 0.3 is 16.8 Å². The van der Waals surface area contributed by atoms with Crippen LogP contribution in [0.1, 0.15) is 31.4 Å². The van der Waals surface area contributed by atoms with Gasteiger partial charge in [0.1, 0.15) is 11.6 Å². The van der Waals surface area contributed by atoms with Gasteiger partial charge < -0.3 is 9.84 Å². The molecule has 1 aliphatic rings. The summed E-state index contributed by atoms with van der Waals surface area (Å²) in [5.74, 6) is -0.254. The molecule has 0 aliphatic carbocycles. The van der Waals surface area contributed by atoms with Crippen LogP contribution in [-0.4, -0.2) is 47.4 Å². The third-order valence-electron chi connectivity index (χ3n) is 4.44. The zero-order valence-corrected chi connectivity index (χ0v) is 17.9. The van der Waals surface area contributed by atoms with Gasteiger partial charge in [-0.15, -0.1) is 12.6 Å². The molecule has 0 radical (unpaired) electrons. The van der Waals surface area contributed by atoms with Crippen LogP contribution >= 0.6 is 0 Å². The first-order valence-corrected chi connectivity index (χ1v) is 10.1. The van der Waals surface area contributed by atoms with E-state index < -0.39 is 46.3 Å². The van der Waals surface area contributed by atoms with E-state index in [2.05, 4.69) is 4.98 Å². The molecule has 0 bridgehead atoms. The molecule has 7 nitrogen and oxygen atoms in total. The van der Waals surface area contributed by atoms with Crippen LogP contribution in [0, 0.1) is 5.82 Å². The minimum absolute atomic E-state index is 0.213. The number of benzene rings is 1. The molecule has 1 aromatic heterocycles. The molecule has 32 heavy (non-hydrogen) atoms. The van der Waals surface area contributed by atoms with Crippen LogP contribution in [0.5, 0.6) is 5.75 Å². The van der Waals surface area contributed by atoms with Crippen molar-refractivity contribution >= 4 is 16.9 Å². The average molecular weight is 479 g/mol. The largest absolute Gasteiger partial charge is 0.493 e. The maximum Gasteiger partial charge on any atom is 0.425 e. The summed E-state index contributed by atoms with van der Waals surface area (Å²) in [6.07, 6.45) is -2.59. The second-order valence-electron chi connectivity index (χ2n) is 7.37. The van der Waals surface area contributed by atoms with Crippen molar-refractivity contribution in [2.45, 2.75) is 43.9 Å². The normalized spacial score (nSPS) is 14.3. The van der Waals surface area contributed by atoms with Gasteiger partial charge in [-0.05, 0) is 29.7 Å². The number of aliphatic hydroxyl groups is 1. The standard InChI is InChI=1S/C15H16F4O3.C5H5N.O3S/c1-13(2,7-14(21,8-20)15(17,18)19)11-6-10(16)5-9-3-4-22-12(9)11;1-2-4-6-5-3-1;1-4(2)3/h5-6,8,21H,3-4,7H2,1-2H3;1-5H;. The molecule has 0 amide bonds. The number of aromatic nitrogens is 1. The third-order valence-corrected chi connectivity index (χ3v) is 4.44. The quantitative estimate of drug-likeness (QED) is 0.530. The van der Waals surface area contributed by atoms with Crippen molar-refractivity contribution in [2.24, 2.45) is 0 Å². The number of rotatable bonds is 4. The molecule has 1 aliphatic heterocycles. The smallest absolute Gasteiger partial charge is 0.425 e. The van der Waals surface area contributed by atoms with Crippen molar-refractivity contribution in [1.82, 2.24) is 4.98 Å². The van der Waals surface area contributed by atoms with E-state index in [0.717, 1.165) is 6.07 Å². The molecule has 0 spiro atoms. The summed E-state index contributed by atoms with van der Waals surface area (Å²) in [4.78, 5) is 14.6. The number of aldehydes is 1. The first-order valence-electron chi connectivity index (χ1n) is 9.06. The van der Waals surface area contributed by atoms with Gasteiger partial charge in [-0.25, -0.2) is 4.39 Å². The van der Waals surface area contributed by atoms with E-state index in [0.29, 0.717) is 24.3 Å². The van der Waals surface area contributed by atoms with E-state index in [-0.39, 0.29) is 5.56 Å². The zero-order valence-electron chi connectivity index (χ0n) is 17.1. The van der Waals surface area contributed by atoms with Gasteiger partial charge in [-0.1, -0.05) is 19.9 Å². The predicted octanol–water partition coefficient (Wildman–Crippen LogP) is 3.00. The maximum absolute atomic E-state index is 13.7. The Bertz CT molecular complexity index is 980. The molecule has 2 aromatic rings. The average Bonchev–Trinajstić information content (AvgIpc) is 3.15. The number of alkyl halides is 3. The number of pyridine rings is 1. The number of fused-ring (bicyclic) bond motifs is 1. The van der Waals surface area contributed by atoms with Gasteiger partial charge in [0.2, 0.25) is 5.60 Å². The van der Waals surface area contributed by atoms with Crippen LogP contribution in [0.25, 0.3) is 0 Å². The summed E-state index contributed by atoms with van der Waals surface area (Å²) in [5.41, 5.74) is -4.02. The summed E-state index contributed by atoms with van der Waals surface area (Å²) in [7, 11) is -3.11. The molecule has 176 valence electrons. The molecule has 1 N–H and O–H groups in total. The number of hydrogen-bond donors (Lipinski definition) is 1. The molecular weight excluding hydrogens is 458 g/mol. The second-order valence-corrected chi connectivity index (χ2v) is 7.78. The fourth-order valence-electron chi connectivity index (χ4n) is 3.06. The third kappa shape index (κ3) is 7.68. The lowest BCUT2D eigenvalue weighted by Crippen LogP contribution is -2.50. The highest BCUT2D eigenvalue weighted by atomic mass is 32.2. The van der Waals surface area contributed by atoms with Crippen molar-refractivity contribution in [3.05, 3.63) is 59.7 Å². The molecule has 0 fully saturated rings. The minimum atomic E-state index is -5.11. The van der Waals surface area contributed by atoms with Gasteiger partial charge in [0.05, 0.1) is 6.61 Å². The number of halogens is 4. The minimum Gasteiger partial charge on any atom is -0.493 e. The van der Waals surface area contributed by atoms with Gasteiger partial charge in [-0.3, -0.25) is 9.78 Å². The topological polar surface area (TPSA) is 111 Å². The van der Waals surface area contributed by atoms with E-state index in [1.165, 1.54) is 19.9 Å². The number of nitrogens with zero attached hydrogens (tertiary/aromatic N) is 1. The van der Waals surface area contributed by atoms with E-state index in [4.69, 9.17) is 17.4 Å². The van der Waals surface area contributed by atoms with Gasteiger partial charge in [-0.2, -0.15) is 13.2 Å². The summed E-state index contributed by atoms with van der Waals surface area (Å²) < 4.78 is 83.2. The van der Waals surface area contributed by atoms with E-state index in [1.807, 2.05) is 18.2 Å². The van der Waals surface area contributed by atoms with Crippen molar-refractivity contribution in [3.8, 4) is 5.75 Å². The molecule has 12 heteroatoms. The summed E-state index contributed by atoms with van der Waals surface area (Å²) in [6, 6.07) is 8.08. The van der Waals surface area contributed by atoms with Gasteiger partial charge in [0, 0.05) is 36.4 Å². The lowest BCUT2D eigenvalue weighted by molar-refractivity contribution is -0.250. The highest BCUT2D eigenvalue weighted by Crippen LogP contribution is 2.45. The Labute approximate surface area is 183 Å². The van der Waals surface area contributed by atoms with Crippen LogP contribution in [-0.2, 0) is 27.2 Å². The number of carbonyl (C=O) groups excluding carboxylic acids is 1. The first-order chi connectivity index (χ1) is 14.7. The molecule has 1 atom stereocenters. The van der Waals surface area contributed by atoms with E-state index in [9.17, 15) is 27.5 Å². The predicted molar refractivity (Wildman–Crippen MR) is 104 cm³/mol. The number of hydrogen-bond acceptors (Lipinski definition) is 7. The molecule has 3 rings (SSSR count). The van der Waals surface area contributed by atoms with E-state index >= 15 is 0 Å². The lowest BCUT2D eigenvalue weighted by atomic mass is 9.74. The van der Waals surface area contributed by atoms with Gasteiger partial charge in [0.25, 0.3) is 0 Å². The molecule has 0 saturated carbocycles. The van der Waals surface area contributed by atoms with Crippen LogP contribution in [0.2, 0.25) is 0 Å². The Kier molecular flexibility index (Phi) is 9.46. The van der Waals surface area contributed by atoms with Crippen LogP contribution in [0.4, 0.5) is 17.6 Å². The summed E-state index contributed by atoms with van der Waals surface area (Å²) in [5, 5.41) is 9.64. The van der Waals surface area contributed by atoms with E-state index in [1.54, 1.807) is 12.4 Å². The molecular formula is C20H21F4NO6S. The Morgan fingerprint density at radius 3 is 2.09 bits per heavy atom. The van der Waals surface area contributed by atoms with Crippen LogP contribution in [0.3, 0.4) is 0 Å². The number of ether oxygens (including phenoxy) is 1. The van der Waals surface area contributed by atoms with Crippen molar-refractivity contribution in [1.29, 1.82) is 0 Å².